The number of thiocarbonyl (C=S) groups is 1. The molecule has 0 saturated carbocycles. The van der Waals surface area contributed by atoms with Gasteiger partial charge in [0.2, 0.25) is 0 Å². The second kappa shape index (κ2) is 12.1. The van der Waals surface area contributed by atoms with Crippen molar-refractivity contribution in [3.8, 4) is 11.5 Å². The van der Waals surface area contributed by atoms with Crippen molar-refractivity contribution in [3.05, 3.63) is 29.8 Å². The molecule has 1 amide bonds. The number of amides is 1. The normalized spacial score (nSPS) is 10.5. The number of rotatable bonds is 9. The molecule has 0 fully saturated rings. The quantitative estimate of drug-likeness (QED) is 0.385. The zero-order chi connectivity index (χ0) is 19.4. The SMILES string of the molecule is C/C=C/c1ccc(OCC(=O)NN(C)C(=S)NCCCOC)c(OC)c1. The zero-order valence-electron chi connectivity index (χ0n) is 15.7. The number of hydrazine groups is 1. The summed E-state index contributed by atoms with van der Waals surface area (Å²) in [4.78, 5) is 12.0. The molecule has 2 N–H and O–H groups in total. The maximum atomic E-state index is 12.0. The second-order valence-electron chi connectivity index (χ2n) is 5.37. The summed E-state index contributed by atoms with van der Waals surface area (Å²) >= 11 is 5.19. The van der Waals surface area contributed by atoms with Crippen LogP contribution in [0.5, 0.6) is 11.5 Å². The van der Waals surface area contributed by atoms with Crippen LogP contribution < -0.4 is 20.2 Å². The van der Waals surface area contributed by atoms with E-state index in [-0.39, 0.29) is 12.5 Å². The molecule has 0 atom stereocenters. The van der Waals surface area contributed by atoms with Crippen LogP contribution in [0.1, 0.15) is 18.9 Å². The Morgan fingerprint density at radius 1 is 1.31 bits per heavy atom. The number of benzene rings is 1. The van der Waals surface area contributed by atoms with Gasteiger partial charge in [-0.2, -0.15) is 0 Å². The molecule has 8 heteroatoms. The summed E-state index contributed by atoms with van der Waals surface area (Å²) in [6, 6.07) is 5.51. The lowest BCUT2D eigenvalue weighted by Gasteiger charge is -2.21. The first-order valence-corrected chi connectivity index (χ1v) is 8.66. The maximum Gasteiger partial charge on any atom is 0.276 e. The van der Waals surface area contributed by atoms with Crippen molar-refractivity contribution in [1.82, 2.24) is 15.8 Å². The highest BCUT2D eigenvalue weighted by Crippen LogP contribution is 2.28. The van der Waals surface area contributed by atoms with Gasteiger partial charge in [0.1, 0.15) is 0 Å². The Balaban J connectivity index is 2.47. The number of nitrogens with zero attached hydrogens (tertiary/aromatic N) is 1. The van der Waals surface area contributed by atoms with E-state index in [0.29, 0.717) is 29.8 Å². The Morgan fingerprint density at radius 3 is 2.73 bits per heavy atom. The average Bonchev–Trinajstić information content (AvgIpc) is 2.64. The third kappa shape index (κ3) is 7.71. The fraction of sp³-hybridized carbons (Fsp3) is 0.444. The molecule has 1 rings (SSSR count). The number of hydrogen-bond acceptors (Lipinski definition) is 5. The molecule has 0 saturated heterocycles. The Bertz CT molecular complexity index is 622. The van der Waals surface area contributed by atoms with Crippen molar-refractivity contribution in [2.45, 2.75) is 13.3 Å². The molecule has 0 spiro atoms. The summed E-state index contributed by atoms with van der Waals surface area (Å²) in [5.74, 6) is 0.740. The maximum absolute atomic E-state index is 12.0. The van der Waals surface area contributed by atoms with Crippen molar-refractivity contribution >= 4 is 29.3 Å². The Hall–Kier alpha value is -2.32. The summed E-state index contributed by atoms with van der Waals surface area (Å²) in [7, 11) is 4.87. The first kappa shape index (κ1) is 21.7. The molecule has 144 valence electrons. The standard InChI is InChI=1S/C18H27N3O4S/c1-5-7-14-8-9-15(16(12-14)24-4)25-13-17(22)20-21(2)18(26)19-10-6-11-23-3/h5,7-9,12H,6,10-11,13H2,1-4H3,(H,19,26)(H,20,22)/b7-5+. The van der Waals surface area contributed by atoms with E-state index in [1.165, 1.54) is 5.01 Å². The molecule has 0 aliphatic rings. The summed E-state index contributed by atoms with van der Waals surface area (Å²) in [6.45, 7) is 3.10. The molecule has 26 heavy (non-hydrogen) atoms. The van der Waals surface area contributed by atoms with Gasteiger partial charge in [-0.15, -0.1) is 0 Å². The van der Waals surface area contributed by atoms with Crippen molar-refractivity contribution in [3.63, 3.8) is 0 Å². The van der Waals surface area contributed by atoms with Crippen LogP contribution in [0.25, 0.3) is 6.08 Å². The Morgan fingerprint density at radius 2 is 2.08 bits per heavy atom. The number of nitrogens with one attached hydrogen (secondary N) is 2. The first-order chi connectivity index (χ1) is 12.5. The molecule has 0 heterocycles. The van der Waals surface area contributed by atoms with E-state index in [4.69, 9.17) is 26.4 Å². The molecule has 1 aromatic rings. The van der Waals surface area contributed by atoms with Crippen LogP contribution in [-0.4, -0.2) is 57.1 Å². The average molecular weight is 381 g/mol. The van der Waals surface area contributed by atoms with Gasteiger partial charge in [-0.3, -0.25) is 15.2 Å². The van der Waals surface area contributed by atoms with Crippen molar-refractivity contribution in [1.29, 1.82) is 0 Å². The number of carbonyl (C=O) groups excluding carboxylic acids is 1. The minimum atomic E-state index is -0.326. The van der Waals surface area contributed by atoms with Gasteiger partial charge in [-0.1, -0.05) is 18.2 Å². The number of allylic oxidation sites excluding steroid dienone is 1. The molecule has 7 nitrogen and oxygen atoms in total. The van der Waals surface area contributed by atoms with Crippen LogP contribution in [0, 0.1) is 0 Å². The van der Waals surface area contributed by atoms with Crippen LogP contribution in [0.3, 0.4) is 0 Å². The minimum Gasteiger partial charge on any atom is -0.493 e. The smallest absolute Gasteiger partial charge is 0.276 e. The van der Waals surface area contributed by atoms with Gasteiger partial charge in [-0.25, -0.2) is 0 Å². The fourth-order valence-corrected chi connectivity index (χ4v) is 2.19. The highest BCUT2D eigenvalue weighted by molar-refractivity contribution is 7.80. The minimum absolute atomic E-state index is 0.157. The summed E-state index contributed by atoms with van der Waals surface area (Å²) in [5, 5.41) is 4.89. The monoisotopic (exact) mass is 381 g/mol. The number of ether oxygens (including phenoxy) is 3. The Labute approximate surface area is 160 Å². The van der Waals surface area contributed by atoms with E-state index in [1.54, 1.807) is 27.3 Å². The third-order valence-electron chi connectivity index (χ3n) is 3.30. The van der Waals surface area contributed by atoms with E-state index in [9.17, 15) is 4.79 Å². The van der Waals surface area contributed by atoms with Crippen LogP contribution in [-0.2, 0) is 9.53 Å². The molecular weight excluding hydrogens is 354 g/mol. The van der Waals surface area contributed by atoms with Crippen LogP contribution in [0.2, 0.25) is 0 Å². The van der Waals surface area contributed by atoms with Gasteiger partial charge in [0.25, 0.3) is 5.91 Å². The molecular formula is C18H27N3O4S. The molecule has 0 bridgehead atoms. The largest absolute Gasteiger partial charge is 0.493 e. The summed E-state index contributed by atoms with van der Waals surface area (Å²) < 4.78 is 15.8. The third-order valence-corrected chi connectivity index (χ3v) is 3.72. The predicted octanol–water partition coefficient (Wildman–Crippen LogP) is 1.98. The topological polar surface area (TPSA) is 72.1 Å². The zero-order valence-corrected chi connectivity index (χ0v) is 16.5. The lowest BCUT2D eigenvalue weighted by molar-refractivity contribution is -0.126. The molecule has 0 aromatic heterocycles. The van der Waals surface area contributed by atoms with Crippen molar-refractivity contribution < 1.29 is 19.0 Å². The predicted molar refractivity (Wildman–Crippen MR) is 106 cm³/mol. The highest BCUT2D eigenvalue weighted by atomic mass is 32.1. The number of hydrogen-bond donors (Lipinski definition) is 2. The van der Waals surface area contributed by atoms with E-state index >= 15 is 0 Å². The van der Waals surface area contributed by atoms with E-state index in [1.807, 2.05) is 31.2 Å². The molecule has 0 unspecified atom stereocenters. The second-order valence-corrected chi connectivity index (χ2v) is 5.76. The van der Waals surface area contributed by atoms with Gasteiger partial charge in [0.15, 0.2) is 23.2 Å². The molecule has 0 radical (unpaired) electrons. The lowest BCUT2D eigenvalue weighted by atomic mass is 10.2. The van der Waals surface area contributed by atoms with Gasteiger partial charge in [-0.05, 0) is 43.3 Å². The van der Waals surface area contributed by atoms with Gasteiger partial charge >= 0.3 is 0 Å². The van der Waals surface area contributed by atoms with Crippen LogP contribution >= 0.6 is 12.2 Å². The van der Waals surface area contributed by atoms with Crippen molar-refractivity contribution in [2.24, 2.45) is 0 Å². The summed E-state index contributed by atoms with van der Waals surface area (Å²) in [6.07, 6.45) is 4.71. The van der Waals surface area contributed by atoms with E-state index in [2.05, 4.69) is 10.7 Å². The Kier molecular flexibility index (Phi) is 10.1. The fourth-order valence-electron chi connectivity index (χ4n) is 2.04. The molecule has 1 aromatic carbocycles. The number of methoxy groups -OCH3 is 2. The lowest BCUT2D eigenvalue weighted by Crippen LogP contribution is -2.49. The van der Waals surface area contributed by atoms with E-state index < -0.39 is 0 Å². The van der Waals surface area contributed by atoms with Crippen LogP contribution in [0.15, 0.2) is 24.3 Å². The van der Waals surface area contributed by atoms with Crippen LogP contribution in [0.4, 0.5) is 0 Å². The van der Waals surface area contributed by atoms with Gasteiger partial charge in [0, 0.05) is 27.3 Å². The van der Waals surface area contributed by atoms with Gasteiger partial charge < -0.3 is 19.5 Å². The van der Waals surface area contributed by atoms with E-state index in [0.717, 1.165) is 12.0 Å². The molecule has 0 aliphatic carbocycles. The van der Waals surface area contributed by atoms with Gasteiger partial charge in [0.05, 0.1) is 7.11 Å². The molecule has 0 aliphatic heterocycles. The number of carbonyl (C=O) groups is 1. The van der Waals surface area contributed by atoms with Crippen molar-refractivity contribution in [2.75, 3.05) is 41.0 Å². The highest BCUT2D eigenvalue weighted by Gasteiger charge is 2.11. The summed E-state index contributed by atoms with van der Waals surface area (Å²) in [5.41, 5.74) is 3.63. The first-order valence-electron chi connectivity index (χ1n) is 8.25.